The van der Waals surface area contributed by atoms with Gasteiger partial charge in [-0.2, -0.15) is 0 Å². The quantitative estimate of drug-likeness (QED) is 0.556. The van der Waals surface area contributed by atoms with Gasteiger partial charge in [0, 0.05) is 23.6 Å². The van der Waals surface area contributed by atoms with Gasteiger partial charge in [-0.3, -0.25) is 10.1 Å². The third-order valence-corrected chi connectivity index (χ3v) is 5.88. The molecular weight excluding hydrogens is 350 g/mol. The van der Waals surface area contributed by atoms with E-state index in [2.05, 4.69) is 18.4 Å². The molecule has 0 bridgehead atoms. The maximum Gasteiger partial charge on any atom is 0.272 e. The van der Waals surface area contributed by atoms with E-state index in [0.717, 1.165) is 41.1 Å². The van der Waals surface area contributed by atoms with Crippen molar-refractivity contribution >= 4 is 22.7 Å². The Morgan fingerprint density at radius 1 is 1.27 bits per heavy atom. The largest absolute Gasteiger partial charge is 0.387 e. The zero-order chi connectivity index (χ0) is 19.4. The minimum Gasteiger partial charge on any atom is -0.387 e. The number of nitro benzene ring substituents is 1. The first kappa shape index (κ1) is 20.3. The lowest BCUT2D eigenvalue weighted by molar-refractivity contribution is -0.385. The Morgan fingerprint density at radius 3 is 2.46 bits per heavy atom. The Morgan fingerprint density at radius 2 is 1.92 bits per heavy atom. The lowest BCUT2D eigenvalue weighted by Gasteiger charge is -2.17. The topological polar surface area (TPSA) is 80.7 Å². The first-order valence-corrected chi connectivity index (χ1v) is 9.83. The summed E-state index contributed by atoms with van der Waals surface area (Å²) in [4.78, 5) is 16.3. The molecule has 7 heteroatoms. The van der Waals surface area contributed by atoms with Gasteiger partial charge >= 0.3 is 0 Å². The van der Waals surface area contributed by atoms with Crippen LogP contribution in [0.2, 0.25) is 0 Å². The zero-order valence-corrected chi connectivity index (χ0v) is 16.8. The Kier molecular flexibility index (Phi) is 6.72. The summed E-state index contributed by atoms with van der Waals surface area (Å²) in [6, 6.07) is 3.21. The number of rotatable bonds is 7. The van der Waals surface area contributed by atoms with E-state index in [1.807, 2.05) is 12.3 Å². The summed E-state index contributed by atoms with van der Waals surface area (Å²) in [5.41, 5.74) is 3.14. The fourth-order valence-electron chi connectivity index (χ4n) is 2.96. The van der Waals surface area contributed by atoms with E-state index < -0.39 is 6.10 Å². The second-order valence-electron chi connectivity index (χ2n) is 6.63. The molecule has 1 heterocycles. The molecule has 0 radical (unpaired) electrons. The van der Waals surface area contributed by atoms with Gasteiger partial charge < -0.3 is 9.67 Å². The van der Waals surface area contributed by atoms with Crippen molar-refractivity contribution in [2.45, 2.75) is 60.1 Å². The number of hydrogen-bond donors (Lipinski definition) is 1. The molecule has 1 aromatic carbocycles. The second-order valence-corrected chi connectivity index (χ2v) is 7.47. The van der Waals surface area contributed by atoms with Crippen LogP contribution < -0.4 is 4.80 Å². The first-order valence-electron chi connectivity index (χ1n) is 8.95. The van der Waals surface area contributed by atoms with E-state index in [9.17, 15) is 15.2 Å². The molecule has 26 heavy (non-hydrogen) atoms. The molecule has 142 valence electrons. The lowest BCUT2D eigenvalue weighted by atomic mass is 10.0. The van der Waals surface area contributed by atoms with Crippen molar-refractivity contribution in [3.05, 3.63) is 49.2 Å². The number of benzene rings is 1. The average molecular weight is 378 g/mol. The fourth-order valence-corrected chi connectivity index (χ4v) is 3.97. The Balaban J connectivity index is 2.58. The molecule has 0 unspecified atom stereocenters. The van der Waals surface area contributed by atoms with Crippen molar-refractivity contribution in [3.63, 3.8) is 0 Å². The molecule has 0 amide bonds. The monoisotopic (exact) mass is 377 g/mol. The molecule has 1 N–H and O–H groups in total. The van der Waals surface area contributed by atoms with Crippen molar-refractivity contribution in [1.29, 1.82) is 0 Å². The third-order valence-electron chi connectivity index (χ3n) is 4.99. The zero-order valence-electron chi connectivity index (χ0n) is 16.0. The van der Waals surface area contributed by atoms with Gasteiger partial charge in [0.25, 0.3) is 5.69 Å². The summed E-state index contributed by atoms with van der Waals surface area (Å²) < 4.78 is 2.09. The highest BCUT2D eigenvalue weighted by Crippen LogP contribution is 2.29. The highest BCUT2D eigenvalue weighted by molar-refractivity contribution is 7.07. The summed E-state index contributed by atoms with van der Waals surface area (Å²) in [5, 5.41) is 23.2. The molecule has 0 fully saturated rings. The van der Waals surface area contributed by atoms with Crippen LogP contribution >= 0.6 is 11.3 Å². The molecule has 1 aromatic heterocycles. The van der Waals surface area contributed by atoms with Crippen molar-refractivity contribution in [1.82, 2.24) is 4.57 Å². The van der Waals surface area contributed by atoms with Gasteiger partial charge in [0.15, 0.2) is 4.80 Å². The van der Waals surface area contributed by atoms with Crippen molar-refractivity contribution in [2.75, 3.05) is 0 Å². The molecule has 2 rings (SSSR count). The molecule has 0 aliphatic heterocycles. The van der Waals surface area contributed by atoms with Crippen LogP contribution in [0.25, 0.3) is 0 Å². The van der Waals surface area contributed by atoms with E-state index >= 15 is 0 Å². The fraction of sp³-hybridized carbons (Fsp3) is 0.526. The third kappa shape index (κ3) is 4.22. The smallest absolute Gasteiger partial charge is 0.272 e. The van der Waals surface area contributed by atoms with Crippen molar-refractivity contribution in [3.8, 4) is 0 Å². The molecule has 1 atom stereocenters. The van der Waals surface area contributed by atoms with E-state index in [0.29, 0.717) is 11.5 Å². The van der Waals surface area contributed by atoms with Gasteiger partial charge in [0.2, 0.25) is 0 Å². The molecule has 0 saturated carbocycles. The van der Waals surface area contributed by atoms with Crippen LogP contribution in [0.1, 0.15) is 56.5 Å². The first-order chi connectivity index (χ1) is 12.3. The summed E-state index contributed by atoms with van der Waals surface area (Å²) >= 11 is 1.49. The molecule has 0 aliphatic rings. The van der Waals surface area contributed by atoms with Gasteiger partial charge in [-0.25, -0.2) is 4.99 Å². The number of aliphatic hydroxyl groups is 1. The molecule has 0 spiro atoms. The number of aromatic nitrogens is 1. The average Bonchev–Trinajstić information content (AvgIpc) is 2.99. The number of aliphatic hydroxyl groups excluding tert-OH is 1. The van der Waals surface area contributed by atoms with Gasteiger partial charge in [0.1, 0.15) is 0 Å². The lowest BCUT2D eigenvalue weighted by Crippen LogP contribution is -2.23. The van der Waals surface area contributed by atoms with Crippen molar-refractivity contribution < 1.29 is 10.0 Å². The van der Waals surface area contributed by atoms with E-state index in [1.54, 1.807) is 19.9 Å². The summed E-state index contributed by atoms with van der Waals surface area (Å²) in [6.45, 7) is 10.5. The van der Waals surface area contributed by atoms with Crippen LogP contribution in [0, 0.1) is 29.9 Å². The molecule has 6 nitrogen and oxygen atoms in total. The molecular formula is C19H27N3O3S. The predicted octanol–water partition coefficient (Wildman–Crippen LogP) is 4.80. The summed E-state index contributed by atoms with van der Waals surface area (Å²) in [6.07, 6.45) is 1.56. The second kappa shape index (κ2) is 8.60. The summed E-state index contributed by atoms with van der Waals surface area (Å²) in [7, 11) is 0. The maximum absolute atomic E-state index is 11.1. The van der Waals surface area contributed by atoms with Crippen LogP contribution in [0.5, 0.6) is 0 Å². The van der Waals surface area contributed by atoms with Crippen LogP contribution in [0.4, 0.5) is 11.4 Å². The normalized spacial score (nSPS) is 13.4. The Bertz CT molecular complexity index is 848. The highest BCUT2D eigenvalue weighted by atomic mass is 32.1. The number of nitrogens with zero attached hydrogens (tertiary/aromatic N) is 3. The molecule has 2 aromatic rings. The van der Waals surface area contributed by atoms with Gasteiger partial charge in [-0.1, -0.05) is 26.7 Å². The van der Waals surface area contributed by atoms with Crippen LogP contribution in [-0.2, 0) is 6.54 Å². The van der Waals surface area contributed by atoms with Gasteiger partial charge in [-0.15, -0.1) is 11.3 Å². The summed E-state index contributed by atoms with van der Waals surface area (Å²) in [5.74, 6) is 0.515. The van der Waals surface area contributed by atoms with E-state index in [-0.39, 0.29) is 10.6 Å². The van der Waals surface area contributed by atoms with Gasteiger partial charge in [0.05, 0.1) is 22.4 Å². The predicted molar refractivity (Wildman–Crippen MR) is 105 cm³/mol. The van der Waals surface area contributed by atoms with Crippen LogP contribution in [0.15, 0.2) is 22.5 Å². The van der Waals surface area contributed by atoms with Gasteiger partial charge in [-0.05, 0) is 38.3 Å². The van der Waals surface area contributed by atoms with E-state index in [1.165, 1.54) is 17.4 Å². The Labute approximate surface area is 158 Å². The molecule has 0 saturated heterocycles. The standard InChI is InChI=1S/C19H27N3O3S/c1-6-15(7-2)10-21-18(14(5)23)11-26-19(21)20-16-8-9-17(22(24)25)13(4)12(16)3/h8-9,11,14-15,23H,6-7,10H2,1-5H3/t14-/m1/s1. The number of hydrogen-bond acceptors (Lipinski definition) is 5. The number of nitro groups is 1. The van der Waals surface area contributed by atoms with Crippen molar-refractivity contribution in [2.24, 2.45) is 10.9 Å². The highest BCUT2D eigenvalue weighted by Gasteiger charge is 2.16. The number of thiazole rings is 1. The minimum absolute atomic E-state index is 0.113. The minimum atomic E-state index is -0.566. The Hall–Kier alpha value is -1.99. The maximum atomic E-state index is 11.1. The molecule has 0 aliphatic carbocycles. The van der Waals surface area contributed by atoms with Crippen LogP contribution in [0.3, 0.4) is 0 Å². The van der Waals surface area contributed by atoms with Crippen LogP contribution in [-0.4, -0.2) is 14.6 Å². The van der Waals surface area contributed by atoms with E-state index in [4.69, 9.17) is 4.99 Å². The SMILES string of the molecule is CCC(CC)Cn1c([C@@H](C)O)csc1=Nc1ccc([N+](=O)[O-])c(C)c1C.